The number of nitriles is 1. The second-order valence-corrected chi connectivity index (χ2v) is 9.12. The van der Waals surface area contributed by atoms with Crippen LogP contribution < -0.4 is 15.0 Å². The quantitative estimate of drug-likeness (QED) is 0.299. The van der Waals surface area contributed by atoms with Crippen molar-refractivity contribution < 1.29 is 14.6 Å². The predicted molar refractivity (Wildman–Crippen MR) is 144 cm³/mol. The minimum Gasteiger partial charge on any atom is -0.457 e. The van der Waals surface area contributed by atoms with Crippen LogP contribution in [0.2, 0.25) is 0 Å². The van der Waals surface area contributed by atoms with E-state index >= 15 is 0 Å². The van der Waals surface area contributed by atoms with Crippen molar-refractivity contribution in [2.24, 2.45) is 0 Å². The molecule has 0 saturated heterocycles. The van der Waals surface area contributed by atoms with Crippen molar-refractivity contribution in [2.75, 3.05) is 18.6 Å². The summed E-state index contributed by atoms with van der Waals surface area (Å²) in [7, 11) is 1.95. The zero-order valence-corrected chi connectivity index (χ0v) is 21.0. The number of rotatable bonds is 9. The first-order chi connectivity index (χ1) is 17.2. The van der Waals surface area contributed by atoms with Crippen molar-refractivity contribution in [1.29, 1.82) is 5.26 Å². The first kappa shape index (κ1) is 26.3. The lowest BCUT2D eigenvalue weighted by molar-refractivity contribution is -0.119. The molecule has 3 aromatic carbocycles. The van der Waals surface area contributed by atoms with Gasteiger partial charge >= 0.3 is 0 Å². The minimum atomic E-state index is -0.816. The van der Waals surface area contributed by atoms with Crippen LogP contribution in [0.5, 0.6) is 11.5 Å². The van der Waals surface area contributed by atoms with E-state index in [-0.39, 0.29) is 12.2 Å². The first-order valence-corrected chi connectivity index (χ1v) is 11.6. The van der Waals surface area contributed by atoms with E-state index in [2.05, 4.69) is 5.32 Å². The Labute approximate surface area is 212 Å². The smallest absolute Gasteiger partial charge is 0.262 e. The van der Waals surface area contributed by atoms with Crippen LogP contribution in [0.3, 0.4) is 0 Å². The molecule has 0 unspecified atom stereocenters. The molecule has 0 spiro atoms. The molecular weight excluding hydrogens is 450 g/mol. The van der Waals surface area contributed by atoms with Crippen LogP contribution in [-0.4, -0.2) is 30.2 Å². The molecule has 0 aliphatic carbocycles. The van der Waals surface area contributed by atoms with Gasteiger partial charge in [-0.05, 0) is 79.9 Å². The molecule has 0 fully saturated rings. The van der Waals surface area contributed by atoms with E-state index in [0.717, 1.165) is 33.9 Å². The number of allylic oxidation sites excluding steroid dienone is 1. The van der Waals surface area contributed by atoms with E-state index in [1.807, 2.05) is 110 Å². The third-order valence-corrected chi connectivity index (χ3v) is 5.48. The number of para-hydroxylation sites is 1. The van der Waals surface area contributed by atoms with Gasteiger partial charge in [0.2, 0.25) is 0 Å². The summed E-state index contributed by atoms with van der Waals surface area (Å²) in [5.74, 6) is 1.04. The second-order valence-electron chi connectivity index (χ2n) is 9.12. The molecule has 3 rings (SSSR count). The third kappa shape index (κ3) is 7.33. The SMILES string of the molecule is CC(=CN(C)c1cccc(C=C(C#N)C(=O)NC(C)(C)CO)c1)c1ccc(Oc2ccccc2)cc1. The van der Waals surface area contributed by atoms with Crippen molar-refractivity contribution >= 4 is 23.2 Å². The van der Waals surface area contributed by atoms with Gasteiger partial charge in [-0.3, -0.25) is 4.79 Å². The van der Waals surface area contributed by atoms with Crippen molar-refractivity contribution in [1.82, 2.24) is 5.32 Å². The third-order valence-electron chi connectivity index (χ3n) is 5.48. The minimum absolute atomic E-state index is 0.0270. The number of carbonyl (C=O) groups is 1. The Bertz CT molecular complexity index is 1290. The number of nitrogens with one attached hydrogen (secondary N) is 1. The van der Waals surface area contributed by atoms with Crippen LogP contribution in [0.15, 0.2) is 90.6 Å². The molecule has 0 atom stereocenters. The lowest BCUT2D eigenvalue weighted by atomic mass is 10.1. The van der Waals surface area contributed by atoms with Gasteiger partial charge in [0.15, 0.2) is 0 Å². The van der Waals surface area contributed by atoms with Crippen molar-refractivity contribution in [3.05, 3.63) is 102 Å². The molecule has 184 valence electrons. The lowest BCUT2D eigenvalue weighted by Gasteiger charge is -2.23. The van der Waals surface area contributed by atoms with Crippen molar-refractivity contribution in [3.63, 3.8) is 0 Å². The molecule has 0 saturated carbocycles. The van der Waals surface area contributed by atoms with Gasteiger partial charge < -0.3 is 20.1 Å². The molecule has 36 heavy (non-hydrogen) atoms. The fourth-order valence-electron chi connectivity index (χ4n) is 3.41. The Morgan fingerprint density at radius 1 is 1.06 bits per heavy atom. The number of hydrogen-bond acceptors (Lipinski definition) is 5. The summed E-state index contributed by atoms with van der Waals surface area (Å²) in [6.07, 6.45) is 3.57. The van der Waals surface area contributed by atoms with Crippen molar-refractivity contribution in [3.8, 4) is 17.6 Å². The Hall–Kier alpha value is -4.34. The summed E-state index contributed by atoms with van der Waals surface area (Å²) < 4.78 is 5.87. The molecule has 1 amide bonds. The first-order valence-electron chi connectivity index (χ1n) is 11.6. The van der Waals surface area contributed by atoms with Crippen molar-refractivity contribution in [2.45, 2.75) is 26.3 Å². The van der Waals surface area contributed by atoms with Gasteiger partial charge in [0.1, 0.15) is 23.1 Å². The number of aliphatic hydroxyl groups excluding tert-OH is 1. The summed E-state index contributed by atoms with van der Waals surface area (Å²) in [6.45, 7) is 5.18. The molecule has 0 bridgehead atoms. The average molecular weight is 482 g/mol. The van der Waals surface area contributed by atoms with E-state index in [1.54, 1.807) is 19.9 Å². The topological polar surface area (TPSA) is 85.6 Å². The summed E-state index contributed by atoms with van der Waals surface area (Å²) in [5.41, 5.74) is 2.91. The van der Waals surface area contributed by atoms with E-state index in [4.69, 9.17) is 4.74 Å². The van der Waals surface area contributed by atoms with Crippen LogP contribution in [0.25, 0.3) is 11.6 Å². The average Bonchev–Trinajstić information content (AvgIpc) is 2.88. The van der Waals surface area contributed by atoms with Gasteiger partial charge in [-0.2, -0.15) is 5.26 Å². The molecule has 0 heterocycles. The Kier molecular flexibility index (Phi) is 8.66. The largest absolute Gasteiger partial charge is 0.457 e. The highest BCUT2D eigenvalue weighted by Crippen LogP contribution is 2.25. The van der Waals surface area contributed by atoms with Gasteiger partial charge in [-0.1, -0.05) is 42.5 Å². The number of amides is 1. The standard InChI is InChI=1S/C30H31N3O3/c1-22(24-13-15-28(16-14-24)36-27-11-6-5-7-12-27)20-33(4)26-10-8-9-23(18-26)17-25(19-31)29(35)32-30(2,3)21-34/h5-18,20,34H,21H2,1-4H3,(H,32,35). The lowest BCUT2D eigenvalue weighted by Crippen LogP contribution is -2.46. The van der Waals surface area contributed by atoms with E-state index < -0.39 is 11.4 Å². The van der Waals surface area contributed by atoms with Crippen LogP contribution in [0.1, 0.15) is 31.9 Å². The molecule has 0 aliphatic heterocycles. The fourth-order valence-corrected chi connectivity index (χ4v) is 3.41. The molecule has 2 N–H and O–H groups in total. The predicted octanol–water partition coefficient (Wildman–Crippen LogP) is 5.77. The number of hydrogen-bond donors (Lipinski definition) is 2. The number of anilines is 1. The van der Waals surface area contributed by atoms with Gasteiger partial charge in [0.25, 0.3) is 5.91 Å². The Morgan fingerprint density at radius 3 is 2.36 bits per heavy atom. The Morgan fingerprint density at radius 2 is 1.72 bits per heavy atom. The van der Waals surface area contributed by atoms with Crippen LogP contribution in [0, 0.1) is 11.3 Å². The summed E-state index contributed by atoms with van der Waals surface area (Å²) in [5, 5.41) is 21.5. The van der Waals surface area contributed by atoms with Crippen LogP contribution >= 0.6 is 0 Å². The zero-order chi connectivity index (χ0) is 26.1. The number of nitrogens with zero attached hydrogens (tertiary/aromatic N) is 2. The molecule has 0 radical (unpaired) electrons. The normalized spacial score (nSPS) is 12.0. The maximum atomic E-state index is 12.5. The monoisotopic (exact) mass is 481 g/mol. The van der Waals surface area contributed by atoms with E-state index in [1.165, 1.54) is 0 Å². The van der Waals surface area contributed by atoms with Gasteiger partial charge in [0.05, 0.1) is 12.1 Å². The number of benzene rings is 3. The summed E-state index contributed by atoms with van der Waals surface area (Å²) in [4.78, 5) is 14.4. The van der Waals surface area contributed by atoms with Crippen LogP contribution in [0.4, 0.5) is 5.69 Å². The fraction of sp³-hybridized carbons (Fsp3) is 0.200. The Balaban J connectivity index is 1.73. The van der Waals surface area contributed by atoms with E-state index in [0.29, 0.717) is 0 Å². The highest BCUT2D eigenvalue weighted by atomic mass is 16.5. The molecule has 6 heteroatoms. The number of ether oxygens (including phenoxy) is 1. The summed E-state index contributed by atoms with van der Waals surface area (Å²) in [6, 6.07) is 27.1. The molecular formula is C30H31N3O3. The summed E-state index contributed by atoms with van der Waals surface area (Å²) >= 11 is 0. The molecule has 3 aromatic rings. The van der Waals surface area contributed by atoms with Gasteiger partial charge in [-0.15, -0.1) is 0 Å². The maximum absolute atomic E-state index is 12.5. The number of aliphatic hydroxyl groups is 1. The number of carbonyl (C=O) groups excluding carboxylic acids is 1. The van der Waals surface area contributed by atoms with Gasteiger partial charge in [-0.25, -0.2) is 0 Å². The van der Waals surface area contributed by atoms with Crippen LogP contribution in [-0.2, 0) is 4.79 Å². The second kappa shape index (κ2) is 11.9. The maximum Gasteiger partial charge on any atom is 0.262 e. The highest BCUT2D eigenvalue weighted by molar-refractivity contribution is 6.02. The molecule has 6 nitrogen and oxygen atoms in total. The molecule has 0 aromatic heterocycles. The van der Waals surface area contributed by atoms with Gasteiger partial charge in [0, 0.05) is 18.9 Å². The molecule has 0 aliphatic rings. The zero-order valence-electron chi connectivity index (χ0n) is 21.0. The van der Waals surface area contributed by atoms with E-state index in [9.17, 15) is 15.2 Å². The highest BCUT2D eigenvalue weighted by Gasteiger charge is 2.21.